The second-order valence-electron chi connectivity index (χ2n) is 7.00. The van der Waals surface area contributed by atoms with Crippen LogP contribution in [-0.2, 0) is 6.42 Å². The molecule has 1 aliphatic rings. The summed E-state index contributed by atoms with van der Waals surface area (Å²) in [5, 5.41) is 6.59. The monoisotopic (exact) mass is 476 g/mol. The van der Waals surface area contributed by atoms with Crippen molar-refractivity contribution < 1.29 is 4.39 Å². The molecule has 0 aliphatic carbocycles. The van der Waals surface area contributed by atoms with Gasteiger partial charge < -0.3 is 15.5 Å². The predicted octanol–water partition coefficient (Wildman–Crippen LogP) is 3.66. The van der Waals surface area contributed by atoms with E-state index in [4.69, 9.17) is 0 Å². The van der Waals surface area contributed by atoms with E-state index < -0.39 is 0 Å². The number of hydrogen-bond donors (Lipinski definition) is 2. The third kappa shape index (κ3) is 8.66. The quantitative estimate of drug-likeness (QED) is 0.261. The maximum Gasteiger partial charge on any atom is 0.190 e. The van der Waals surface area contributed by atoms with Gasteiger partial charge in [-0.3, -0.25) is 4.99 Å². The fourth-order valence-corrected chi connectivity index (χ4v) is 3.19. The van der Waals surface area contributed by atoms with Crippen molar-refractivity contribution in [1.29, 1.82) is 0 Å². The highest BCUT2D eigenvalue weighted by atomic mass is 127. The Labute approximate surface area is 175 Å². The number of aliphatic imine (C=N–C) groups is 1. The number of halogens is 2. The molecule has 1 aromatic rings. The van der Waals surface area contributed by atoms with Gasteiger partial charge in [0.1, 0.15) is 5.82 Å². The number of likely N-dealkylation sites (tertiary alicyclic amines) is 1. The van der Waals surface area contributed by atoms with E-state index in [1.165, 1.54) is 45.0 Å². The van der Waals surface area contributed by atoms with Crippen molar-refractivity contribution in [2.45, 2.75) is 39.0 Å². The first kappa shape index (κ1) is 23.1. The summed E-state index contributed by atoms with van der Waals surface area (Å²) in [7, 11) is 1.77. The largest absolute Gasteiger partial charge is 0.356 e. The molecule has 0 spiro atoms. The number of guanidine groups is 1. The lowest BCUT2D eigenvalue weighted by atomic mass is 9.99. The minimum Gasteiger partial charge on any atom is -0.356 e. The first-order valence-corrected chi connectivity index (χ1v) is 9.59. The number of hydrogen-bond acceptors (Lipinski definition) is 2. The summed E-state index contributed by atoms with van der Waals surface area (Å²) in [6.45, 7) is 7.66. The first-order valence-electron chi connectivity index (χ1n) is 9.59. The number of unbranched alkanes of at least 4 members (excludes halogenated alkanes) is 1. The highest BCUT2D eigenvalue weighted by molar-refractivity contribution is 14.0. The summed E-state index contributed by atoms with van der Waals surface area (Å²) in [5.41, 5.74) is 0.737. The van der Waals surface area contributed by atoms with Gasteiger partial charge in [0.05, 0.1) is 0 Å². The molecule has 1 aromatic carbocycles. The van der Waals surface area contributed by atoms with Crippen LogP contribution in [0.4, 0.5) is 4.39 Å². The molecule has 2 rings (SSSR count). The molecule has 148 valence electrons. The van der Waals surface area contributed by atoms with Crippen LogP contribution in [0.1, 0.15) is 38.2 Å². The van der Waals surface area contributed by atoms with Gasteiger partial charge >= 0.3 is 0 Å². The van der Waals surface area contributed by atoms with Crippen LogP contribution in [0.25, 0.3) is 0 Å². The molecule has 1 saturated heterocycles. The molecule has 4 nitrogen and oxygen atoms in total. The third-order valence-corrected chi connectivity index (χ3v) is 4.94. The summed E-state index contributed by atoms with van der Waals surface area (Å²) in [6.07, 6.45) is 5.70. The number of nitrogens with zero attached hydrogens (tertiary/aromatic N) is 2. The molecule has 1 fully saturated rings. The molecule has 1 heterocycles. The van der Waals surface area contributed by atoms with Crippen molar-refractivity contribution >= 4 is 29.9 Å². The van der Waals surface area contributed by atoms with E-state index in [9.17, 15) is 4.39 Å². The van der Waals surface area contributed by atoms with Crippen LogP contribution in [-0.4, -0.2) is 50.6 Å². The summed E-state index contributed by atoms with van der Waals surface area (Å²) < 4.78 is 13.6. The van der Waals surface area contributed by atoms with Crippen molar-refractivity contribution in [2.24, 2.45) is 10.9 Å². The number of nitrogens with one attached hydrogen (secondary N) is 2. The van der Waals surface area contributed by atoms with Crippen LogP contribution < -0.4 is 10.6 Å². The smallest absolute Gasteiger partial charge is 0.190 e. The third-order valence-electron chi connectivity index (χ3n) is 4.94. The van der Waals surface area contributed by atoms with Crippen molar-refractivity contribution in [2.75, 3.05) is 39.8 Å². The number of benzene rings is 1. The molecule has 0 saturated carbocycles. The molecule has 2 N–H and O–H groups in total. The Bertz CT molecular complexity index is 530. The SMILES string of the molecule is CN=C(NCCCCN1CCC(C)CC1)NCCc1ccccc1F.I. The van der Waals surface area contributed by atoms with Crippen molar-refractivity contribution in [3.8, 4) is 0 Å². The van der Waals surface area contributed by atoms with Crippen LogP contribution in [0.2, 0.25) is 0 Å². The lowest BCUT2D eigenvalue weighted by Crippen LogP contribution is -2.39. The Morgan fingerprint density at radius 2 is 1.85 bits per heavy atom. The Kier molecular flexibility index (Phi) is 11.8. The minimum absolute atomic E-state index is 0. The van der Waals surface area contributed by atoms with Crippen LogP contribution in [0.3, 0.4) is 0 Å². The minimum atomic E-state index is -0.139. The van der Waals surface area contributed by atoms with Crippen LogP contribution in [0.5, 0.6) is 0 Å². The summed E-state index contributed by atoms with van der Waals surface area (Å²) >= 11 is 0. The Morgan fingerprint density at radius 3 is 2.54 bits per heavy atom. The average molecular weight is 476 g/mol. The lowest BCUT2D eigenvalue weighted by Gasteiger charge is -2.30. The van der Waals surface area contributed by atoms with Crippen LogP contribution in [0, 0.1) is 11.7 Å². The molecule has 1 aliphatic heterocycles. The fraction of sp³-hybridized carbons (Fsp3) is 0.650. The van der Waals surface area contributed by atoms with Gasteiger partial charge in [-0.25, -0.2) is 4.39 Å². The zero-order chi connectivity index (χ0) is 17.9. The standard InChI is InChI=1S/C20H33FN4.HI/c1-17-10-15-25(16-11-17)14-6-5-12-23-20(22-2)24-13-9-18-7-3-4-8-19(18)21;/h3-4,7-8,17H,5-6,9-16H2,1-2H3,(H2,22,23,24);1H. The van der Waals surface area contributed by atoms with E-state index in [0.29, 0.717) is 13.0 Å². The summed E-state index contributed by atoms with van der Waals surface area (Å²) in [6, 6.07) is 6.92. The molecule has 0 bridgehead atoms. The van der Waals surface area contributed by atoms with Crippen molar-refractivity contribution in [1.82, 2.24) is 15.5 Å². The molecule has 0 aromatic heterocycles. The fourth-order valence-electron chi connectivity index (χ4n) is 3.19. The lowest BCUT2D eigenvalue weighted by molar-refractivity contribution is 0.189. The Balaban J connectivity index is 0.00000338. The van der Waals surface area contributed by atoms with Gasteiger partial charge in [-0.1, -0.05) is 25.1 Å². The van der Waals surface area contributed by atoms with Gasteiger partial charge in [0.25, 0.3) is 0 Å². The predicted molar refractivity (Wildman–Crippen MR) is 119 cm³/mol. The average Bonchev–Trinajstić information content (AvgIpc) is 2.63. The Morgan fingerprint density at radius 1 is 1.15 bits per heavy atom. The number of rotatable bonds is 8. The zero-order valence-corrected chi connectivity index (χ0v) is 18.5. The first-order chi connectivity index (χ1) is 12.2. The van der Waals surface area contributed by atoms with Gasteiger partial charge in [-0.2, -0.15) is 0 Å². The normalized spacial score (nSPS) is 16.2. The van der Waals surface area contributed by atoms with Gasteiger partial charge in [0, 0.05) is 20.1 Å². The van der Waals surface area contributed by atoms with Gasteiger partial charge in [-0.15, -0.1) is 24.0 Å². The van der Waals surface area contributed by atoms with Gasteiger partial charge in [0.15, 0.2) is 5.96 Å². The topological polar surface area (TPSA) is 39.7 Å². The van der Waals surface area contributed by atoms with E-state index >= 15 is 0 Å². The molecule has 0 amide bonds. The number of piperidine rings is 1. The van der Waals surface area contributed by atoms with Gasteiger partial charge in [0.2, 0.25) is 0 Å². The highest BCUT2D eigenvalue weighted by Crippen LogP contribution is 2.16. The Hall–Kier alpha value is -0.890. The van der Waals surface area contributed by atoms with Crippen molar-refractivity contribution in [3.05, 3.63) is 35.6 Å². The van der Waals surface area contributed by atoms with Gasteiger partial charge in [-0.05, 0) is 69.3 Å². The second kappa shape index (κ2) is 13.3. The van der Waals surface area contributed by atoms with E-state index in [1.807, 2.05) is 12.1 Å². The van der Waals surface area contributed by atoms with Crippen LogP contribution in [0.15, 0.2) is 29.3 Å². The second-order valence-corrected chi connectivity index (χ2v) is 7.00. The van der Waals surface area contributed by atoms with Crippen LogP contribution >= 0.6 is 24.0 Å². The molecule has 0 atom stereocenters. The molecular weight excluding hydrogens is 442 g/mol. The zero-order valence-electron chi connectivity index (χ0n) is 16.1. The van der Waals surface area contributed by atoms with E-state index in [2.05, 4.69) is 27.4 Å². The van der Waals surface area contributed by atoms with Crippen molar-refractivity contribution in [3.63, 3.8) is 0 Å². The summed E-state index contributed by atoms with van der Waals surface area (Å²) in [5.74, 6) is 1.55. The summed E-state index contributed by atoms with van der Waals surface area (Å²) in [4.78, 5) is 6.81. The molecule has 26 heavy (non-hydrogen) atoms. The van der Waals surface area contributed by atoms with E-state index in [1.54, 1.807) is 13.1 Å². The molecule has 6 heteroatoms. The maximum absolute atomic E-state index is 13.6. The van der Waals surface area contributed by atoms with E-state index in [-0.39, 0.29) is 29.8 Å². The molecule has 0 unspecified atom stereocenters. The highest BCUT2D eigenvalue weighted by Gasteiger charge is 2.14. The molecule has 0 radical (unpaired) electrons. The maximum atomic E-state index is 13.6. The van der Waals surface area contributed by atoms with E-state index in [0.717, 1.165) is 30.4 Å². The molecular formula is C20H34FIN4.